The number of nitrogens with two attached hydrogens (primary N) is 1. The Labute approximate surface area is 211 Å². The highest BCUT2D eigenvalue weighted by atomic mass is 32.1. The molecule has 0 aliphatic heterocycles. The van der Waals surface area contributed by atoms with Gasteiger partial charge in [0.05, 0.1) is 45.1 Å². The zero-order chi connectivity index (χ0) is 26.7. The van der Waals surface area contributed by atoms with Gasteiger partial charge in [0.2, 0.25) is 11.9 Å². The Morgan fingerprint density at radius 1 is 1.22 bits per heavy atom. The molecule has 2 heterocycles. The summed E-state index contributed by atoms with van der Waals surface area (Å²) in [5, 5.41) is 42.5. The first-order valence-corrected chi connectivity index (χ1v) is 11.1. The standard InChI is InChI=1S/C21H27N7O7S/c1-12(35-15(10-30)14(31)9-29)28-11-25-17-18(28)26-21(27-20(17)36)24-7-5-3-2-4-6-23-19(34)13(22)8-16(32)33/h11-15,29-31H,6-10,22H2,1H3,(H,23,34)(H,32,33)(H2,24,26,27,36)/t12?,13?,14-,15-/m1/s1. The van der Waals surface area contributed by atoms with Crippen LogP contribution in [0.4, 0.5) is 5.95 Å². The summed E-state index contributed by atoms with van der Waals surface area (Å²) in [6.45, 7) is 0.700. The first-order valence-electron chi connectivity index (χ1n) is 10.6. The van der Waals surface area contributed by atoms with E-state index in [0.717, 1.165) is 0 Å². The van der Waals surface area contributed by atoms with Crippen LogP contribution in [0.25, 0.3) is 11.2 Å². The van der Waals surface area contributed by atoms with Crippen LogP contribution in [0.15, 0.2) is 11.4 Å². The Kier molecular flexibility index (Phi) is 11.4. The minimum absolute atomic E-state index is 0.0340. The Balaban J connectivity index is 1.97. The van der Waals surface area contributed by atoms with Gasteiger partial charge in [0.15, 0.2) is 5.65 Å². The molecule has 2 unspecified atom stereocenters. The molecule has 8 N–H and O–H groups in total. The summed E-state index contributed by atoms with van der Waals surface area (Å²) in [6, 6.07) is -1.15. The monoisotopic (exact) mass is 521 g/mol. The Morgan fingerprint density at radius 3 is 2.56 bits per heavy atom. The van der Waals surface area contributed by atoms with Crippen LogP contribution in [0.2, 0.25) is 0 Å². The topological polar surface area (TPSA) is 218 Å². The quantitative estimate of drug-likeness (QED) is 0.0840. The number of anilines is 1. The minimum atomic E-state index is -1.26. The number of imidazole rings is 1. The predicted octanol–water partition coefficient (Wildman–Crippen LogP) is -2.30. The number of carbonyl (C=O) groups excluding carboxylic acids is 1. The number of hydrogen-bond acceptors (Lipinski definition) is 12. The van der Waals surface area contributed by atoms with Crippen molar-refractivity contribution in [2.45, 2.75) is 42.8 Å². The van der Waals surface area contributed by atoms with Gasteiger partial charge in [-0.05, 0) is 18.8 Å². The van der Waals surface area contributed by atoms with Crippen LogP contribution in [0.5, 0.6) is 0 Å². The van der Waals surface area contributed by atoms with Gasteiger partial charge in [0.25, 0.3) is 0 Å². The average Bonchev–Trinajstić information content (AvgIpc) is 3.27. The van der Waals surface area contributed by atoms with Gasteiger partial charge in [-0.3, -0.25) is 14.2 Å². The Hall–Kier alpha value is -3.44. The van der Waals surface area contributed by atoms with Gasteiger partial charge >= 0.3 is 5.97 Å². The molecule has 0 fully saturated rings. The number of rotatable bonds is 12. The summed E-state index contributed by atoms with van der Waals surface area (Å²) in [5.41, 5.74) is 6.21. The van der Waals surface area contributed by atoms with Crippen LogP contribution >= 0.6 is 12.6 Å². The summed E-state index contributed by atoms with van der Waals surface area (Å²) in [6.07, 6.45) is -1.99. The third kappa shape index (κ3) is 8.35. The van der Waals surface area contributed by atoms with Crippen molar-refractivity contribution in [2.75, 3.05) is 31.6 Å². The number of nitrogens with zero attached hydrogens (tertiary/aromatic N) is 4. The van der Waals surface area contributed by atoms with Crippen molar-refractivity contribution < 1.29 is 34.8 Å². The van der Waals surface area contributed by atoms with E-state index >= 15 is 0 Å². The highest BCUT2D eigenvalue weighted by molar-refractivity contribution is 7.80. The Morgan fingerprint density at radius 2 is 1.92 bits per heavy atom. The molecule has 0 aromatic carbocycles. The van der Waals surface area contributed by atoms with Crippen molar-refractivity contribution in [3.63, 3.8) is 0 Å². The van der Waals surface area contributed by atoms with Crippen LogP contribution in [0.3, 0.4) is 0 Å². The maximum Gasteiger partial charge on any atom is 0.305 e. The van der Waals surface area contributed by atoms with E-state index in [0.29, 0.717) is 16.2 Å². The molecule has 0 spiro atoms. The second kappa shape index (κ2) is 14.2. The van der Waals surface area contributed by atoms with Gasteiger partial charge in [-0.1, -0.05) is 11.8 Å². The minimum Gasteiger partial charge on any atom is -0.481 e. The van der Waals surface area contributed by atoms with E-state index in [-0.39, 0.29) is 19.0 Å². The predicted molar refractivity (Wildman–Crippen MR) is 130 cm³/mol. The zero-order valence-electron chi connectivity index (χ0n) is 19.2. The third-order valence-electron chi connectivity index (χ3n) is 4.62. The van der Waals surface area contributed by atoms with Crippen molar-refractivity contribution in [3.05, 3.63) is 6.33 Å². The number of ether oxygens (including phenoxy) is 1. The highest BCUT2D eigenvalue weighted by Gasteiger charge is 2.23. The summed E-state index contributed by atoms with van der Waals surface area (Å²) in [5.74, 6) is 8.87. The van der Waals surface area contributed by atoms with Crippen LogP contribution in [-0.4, -0.2) is 96.4 Å². The number of fused-ring (bicyclic) bond motifs is 1. The second-order valence-electron chi connectivity index (χ2n) is 7.28. The van der Waals surface area contributed by atoms with E-state index in [2.05, 4.69) is 61.9 Å². The lowest BCUT2D eigenvalue weighted by Crippen LogP contribution is -2.42. The maximum atomic E-state index is 11.6. The molecule has 15 heteroatoms. The Bertz CT molecular complexity index is 1180. The number of nitrogens with one attached hydrogen (secondary N) is 2. The number of aliphatic hydroxyl groups excluding tert-OH is 3. The van der Waals surface area contributed by atoms with Crippen LogP contribution in [0.1, 0.15) is 19.6 Å². The zero-order valence-corrected chi connectivity index (χ0v) is 20.1. The lowest BCUT2D eigenvalue weighted by atomic mass is 10.2. The summed E-state index contributed by atoms with van der Waals surface area (Å²) >= 11 is 4.33. The van der Waals surface area contributed by atoms with E-state index in [1.54, 1.807) is 11.5 Å². The van der Waals surface area contributed by atoms with Crippen molar-refractivity contribution in [2.24, 2.45) is 5.73 Å². The van der Waals surface area contributed by atoms with Crippen LogP contribution < -0.4 is 16.4 Å². The lowest BCUT2D eigenvalue weighted by molar-refractivity contribution is -0.139. The molecule has 0 saturated heterocycles. The van der Waals surface area contributed by atoms with Crippen molar-refractivity contribution in [3.8, 4) is 23.7 Å². The van der Waals surface area contributed by atoms with E-state index in [9.17, 15) is 19.8 Å². The molecule has 1 amide bonds. The number of aliphatic hydroxyl groups is 3. The smallest absolute Gasteiger partial charge is 0.305 e. The van der Waals surface area contributed by atoms with Crippen LogP contribution in [-0.2, 0) is 14.3 Å². The highest BCUT2D eigenvalue weighted by Crippen LogP contribution is 2.23. The molecule has 4 atom stereocenters. The average molecular weight is 522 g/mol. The first-order chi connectivity index (χ1) is 17.2. The number of aliphatic carboxylic acids is 1. The number of thiol groups is 1. The fraction of sp³-hybridized carbons (Fsp3) is 0.476. The number of hydrogen-bond donors (Lipinski definition) is 8. The summed E-state index contributed by atoms with van der Waals surface area (Å²) in [7, 11) is 0. The SMILES string of the molecule is CC(O[C@H](CO)[C@H](O)CO)n1cnc2c(S)nc(NCC#CC#CCNC(=O)C(N)CC(=O)O)nc21. The van der Waals surface area contributed by atoms with Gasteiger partial charge in [-0.25, -0.2) is 9.97 Å². The molecular formula is C21H27N7O7S. The molecule has 0 radical (unpaired) electrons. The second-order valence-corrected chi connectivity index (χ2v) is 7.70. The molecule has 2 aromatic heterocycles. The van der Waals surface area contributed by atoms with E-state index < -0.39 is 56.0 Å². The molecule has 0 saturated carbocycles. The molecule has 14 nitrogen and oxygen atoms in total. The van der Waals surface area contributed by atoms with Gasteiger partial charge in [0, 0.05) is 0 Å². The van der Waals surface area contributed by atoms with Gasteiger partial charge in [-0.2, -0.15) is 4.98 Å². The normalized spacial score (nSPS) is 13.9. The number of carboxylic acids is 1. The summed E-state index contributed by atoms with van der Waals surface area (Å²) < 4.78 is 7.19. The molecule has 0 aliphatic rings. The van der Waals surface area contributed by atoms with Crippen LogP contribution in [0, 0.1) is 23.7 Å². The molecule has 194 valence electrons. The molecule has 36 heavy (non-hydrogen) atoms. The van der Waals surface area contributed by atoms with E-state index in [4.69, 9.17) is 20.7 Å². The maximum absolute atomic E-state index is 11.6. The molecule has 2 aromatic rings. The van der Waals surface area contributed by atoms with Gasteiger partial charge in [-0.15, -0.1) is 12.6 Å². The number of carbonyl (C=O) groups is 2. The lowest BCUT2D eigenvalue weighted by Gasteiger charge is -2.24. The fourth-order valence-corrected chi connectivity index (χ4v) is 3.03. The van der Waals surface area contributed by atoms with Crippen molar-refractivity contribution in [1.29, 1.82) is 0 Å². The van der Waals surface area contributed by atoms with E-state index in [1.165, 1.54) is 6.33 Å². The molecular weight excluding hydrogens is 494 g/mol. The number of aromatic nitrogens is 4. The largest absolute Gasteiger partial charge is 0.481 e. The van der Waals surface area contributed by atoms with Gasteiger partial charge in [0.1, 0.15) is 29.0 Å². The van der Waals surface area contributed by atoms with Crippen molar-refractivity contribution >= 4 is 41.6 Å². The van der Waals surface area contributed by atoms with Crippen molar-refractivity contribution in [1.82, 2.24) is 24.8 Å². The molecule has 0 aliphatic carbocycles. The summed E-state index contributed by atoms with van der Waals surface area (Å²) in [4.78, 5) is 34.9. The van der Waals surface area contributed by atoms with E-state index in [1.807, 2.05) is 0 Å². The number of amides is 1. The van der Waals surface area contributed by atoms with Gasteiger partial charge < -0.3 is 41.5 Å². The first kappa shape index (κ1) is 28.8. The molecule has 0 bridgehead atoms. The third-order valence-corrected chi connectivity index (χ3v) is 4.93. The fourth-order valence-electron chi connectivity index (χ4n) is 2.78. The number of carboxylic acid groups (broad SMARTS) is 1. The molecule has 2 rings (SSSR count).